The number of hydrogen-bond acceptors (Lipinski definition) is 7. The van der Waals surface area contributed by atoms with E-state index in [1.807, 2.05) is 6.92 Å². The number of nitrogens with one attached hydrogen (secondary N) is 2. The molecule has 2 aromatic rings. The Morgan fingerprint density at radius 1 is 1.39 bits per heavy atom. The number of thiazole rings is 1. The van der Waals surface area contributed by atoms with Gasteiger partial charge >= 0.3 is 0 Å². The molecule has 1 saturated carbocycles. The Hall–Kier alpha value is -1.93. The van der Waals surface area contributed by atoms with Crippen LogP contribution in [0, 0.1) is 18.3 Å². The van der Waals surface area contributed by atoms with Crippen molar-refractivity contribution in [1.29, 1.82) is 5.26 Å². The quantitative estimate of drug-likeness (QED) is 0.642. The number of thioether (sulfide) groups is 1. The van der Waals surface area contributed by atoms with Crippen molar-refractivity contribution >= 4 is 44.2 Å². The van der Waals surface area contributed by atoms with Crippen LogP contribution in [0.15, 0.2) is 33.4 Å². The minimum atomic E-state index is -3.66. The van der Waals surface area contributed by atoms with E-state index in [4.69, 9.17) is 5.26 Å². The number of hydrogen-bond donors (Lipinski definition) is 2. The van der Waals surface area contributed by atoms with E-state index in [1.165, 1.54) is 35.2 Å². The molecule has 148 valence electrons. The molecule has 0 atom stereocenters. The van der Waals surface area contributed by atoms with Gasteiger partial charge in [0, 0.05) is 11.6 Å². The Balaban J connectivity index is 1.72. The second kappa shape index (κ2) is 9.05. The molecule has 0 aliphatic heterocycles. The number of nitriles is 1. The van der Waals surface area contributed by atoms with Crippen molar-refractivity contribution in [3.05, 3.63) is 35.5 Å². The highest BCUT2D eigenvalue weighted by Crippen LogP contribution is 2.32. The molecule has 0 radical (unpaired) electrons. The molecular weight excluding hydrogens is 416 g/mol. The molecule has 1 aliphatic rings. The molecule has 2 N–H and O–H groups in total. The monoisotopic (exact) mass is 436 g/mol. The number of anilines is 1. The van der Waals surface area contributed by atoms with Gasteiger partial charge in [-0.15, -0.1) is 0 Å². The lowest BCUT2D eigenvalue weighted by Gasteiger charge is -2.13. The Morgan fingerprint density at radius 3 is 2.86 bits per heavy atom. The van der Waals surface area contributed by atoms with Crippen molar-refractivity contribution in [3.8, 4) is 6.07 Å². The molecule has 7 nitrogen and oxygen atoms in total. The lowest BCUT2D eigenvalue weighted by molar-refractivity contribution is 0.102. The van der Waals surface area contributed by atoms with Crippen LogP contribution in [0.25, 0.3) is 0 Å². The van der Waals surface area contributed by atoms with E-state index in [9.17, 15) is 13.2 Å². The summed E-state index contributed by atoms with van der Waals surface area (Å²) in [5, 5.41) is 11.8. The predicted octanol–water partition coefficient (Wildman–Crippen LogP) is 3.54. The van der Waals surface area contributed by atoms with Crippen LogP contribution in [0.3, 0.4) is 0 Å². The molecule has 1 fully saturated rings. The molecule has 0 bridgehead atoms. The highest BCUT2D eigenvalue weighted by molar-refractivity contribution is 8.01. The number of carbonyl (C=O) groups excluding carboxylic acids is 1. The minimum absolute atomic E-state index is 0.0369. The number of sulfonamides is 1. The lowest BCUT2D eigenvalue weighted by Crippen LogP contribution is -2.32. The summed E-state index contributed by atoms with van der Waals surface area (Å²) >= 11 is 2.66. The summed E-state index contributed by atoms with van der Waals surface area (Å²) in [5.41, 5.74) is 0.992. The third kappa shape index (κ3) is 5.11. The number of aromatic nitrogens is 1. The molecule has 0 unspecified atom stereocenters. The zero-order chi connectivity index (χ0) is 20.1. The van der Waals surface area contributed by atoms with Gasteiger partial charge in [-0.2, -0.15) is 5.26 Å². The Labute approximate surface area is 172 Å². The molecule has 28 heavy (non-hydrogen) atoms. The third-order valence-electron chi connectivity index (χ3n) is 4.33. The Morgan fingerprint density at radius 2 is 2.14 bits per heavy atom. The van der Waals surface area contributed by atoms with E-state index in [0.29, 0.717) is 10.9 Å². The topological polar surface area (TPSA) is 112 Å². The number of rotatable bonds is 7. The summed E-state index contributed by atoms with van der Waals surface area (Å²) in [6.45, 7) is 1.81. The highest BCUT2D eigenvalue weighted by atomic mass is 32.2. The first-order valence-corrected chi connectivity index (χ1v) is 12.1. The van der Waals surface area contributed by atoms with Crippen LogP contribution >= 0.6 is 23.1 Å². The van der Waals surface area contributed by atoms with E-state index in [1.54, 1.807) is 12.1 Å². The van der Waals surface area contributed by atoms with Gasteiger partial charge in [-0.25, -0.2) is 18.1 Å². The van der Waals surface area contributed by atoms with Gasteiger partial charge in [-0.05, 0) is 38.0 Å². The van der Waals surface area contributed by atoms with Crippen molar-refractivity contribution in [2.24, 2.45) is 0 Å². The molecule has 1 aromatic carbocycles. The average molecular weight is 437 g/mol. The zero-order valence-electron chi connectivity index (χ0n) is 15.3. The normalized spacial score (nSPS) is 14.7. The fourth-order valence-electron chi connectivity index (χ4n) is 2.97. The van der Waals surface area contributed by atoms with E-state index in [2.05, 4.69) is 21.1 Å². The molecule has 1 heterocycles. The second-order valence-electron chi connectivity index (χ2n) is 6.42. The van der Waals surface area contributed by atoms with Crippen LogP contribution in [-0.4, -0.2) is 31.1 Å². The van der Waals surface area contributed by atoms with Crippen molar-refractivity contribution in [3.63, 3.8) is 0 Å². The fourth-order valence-corrected chi connectivity index (χ4v) is 6.12. The fraction of sp³-hybridized carbons (Fsp3) is 0.389. The van der Waals surface area contributed by atoms with Gasteiger partial charge in [-0.3, -0.25) is 10.1 Å². The Kier molecular flexibility index (Phi) is 6.72. The largest absolute Gasteiger partial charge is 0.298 e. The van der Waals surface area contributed by atoms with E-state index >= 15 is 0 Å². The molecule has 1 amide bonds. The van der Waals surface area contributed by atoms with Gasteiger partial charge < -0.3 is 0 Å². The lowest BCUT2D eigenvalue weighted by atomic mass is 10.2. The van der Waals surface area contributed by atoms with Gasteiger partial charge in [0.1, 0.15) is 0 Å². The van der Waals surface area contributed by atoms with E-state index < -0.39 is 15.9 Å². The van der Waals surface area contributed by atoms with Gasteiger partial charge in [0.2, 0.25) is 10.0 Å². The molecule has 10 heteroatoms. The number of benzene rings is 1. The van der Waals surface area contributed by atoms with Crippen LogP contribution in [0.5, 0.6) is 0 Å². The van der Waals surface area contributed by atoms with E-state index in [0.717, 1.165) is 35.6 Å². The summed E-state index contributed by atoms with van der Waals surface area (Å²) in [6, 6.07) is 8.00. The summed E-state index contributed by atoms with van der Waals surface area (Å²) in [5.74, 6) is -0.117. The first kappa shape index (κ1) is 20.8. The van der Waals surface area contributed by atoms with Crippen LogP contribution in [0.1, 0.15) is 41.7 Å². The number of aryl methyl sites for hydroxylation is 1. The van der Waals surface area contributed by atoms with Crippen LogP contribution in [0.2, 0.25) is 0 Å². The first-order chi connectivity index (χ1) is 13.4. The summed E-state index contributed by atoms with van der Waals surface area (Å²) < 4.78 is 28.8. The van der Waals surface area contributed by atoms with Crippen LogP contribution in [-0.2, 0) is 10.0 Å². The molecular formula is C18H20N4O3S3. The average Bonchev–Trinajstić information content (AvgIpc) is 3.29. The van der Waals surface area contributed by atoms with Gasteiger partial charge in [0.25, 0.3) is 5.91 Å². The van der Waals surface area contributed by atoms with E-state index in [-0.39, 0.29) is 16.5 Å². The molecule has 1 aliphatic carbocycles. The minimum Gasteiger partial charge on any atom is -0.298 e. The van der Waals surface area contributed by atoms with Gasteiger partial charge in [0.05, 0.1) is 26.6 Å². The molecule has 3 rings (SSSR count). The first-order valence-electron chi connectivity index (χ1n) is 8.80. The van der Waals surface area contributed by atoms with Gasteiger partial charge in [0.15, 0.2) is 5.13 Å². The zero-order valence-corrected chi connectivity index (χ0v) is 17.7. The maximum Gasteiger partial charge on any atom is 0.257 e. The maximum absolute atomic E-state index is 12.6. The summed E-state index contributed by atoms with van der Waals surface area (Å²) in [6.07, 6.45) is 3.74. The second-order valence-corrected chi connectivity index (χ2v) is 10.4. The van der Waals surface area contributed by atoms with Crippen LogP contribution in [0.4, 0.5) is 5.13 Å². The molecule has 1 aromatic heterocycles. The van der Waals surface area contributed by atoms with Gasteiger partial charge in [-0.1, -0.05) is 42.0 Å². The summed E-state index contributed by atoms with van der Waals surface area (Å²) in [4.78, 5) is 16.9. The predicted molar refractivity (Wildman–Crippen MR) is 110 cm³/mol. The molecule has 0 saturated heterocycles. The summed E-state index contributed by atoms with van der Waals surface area (Å²) in [7, 11) is -3.66. The molecule has 0 spiro atoms. The maximum atomic E-state index is 12.6. The van der Waals surface area contributed by atoms with Crippen LogP contribution < -0.4 is 10.0 Å². The van der Waals surface area contributed by atoms with Crippen molar-refractivity contribution in [2.75, 3.05) is 11.1 Å². The van der Waals surface area contributed by atoms with Crippen molar-refractivity contribution in [1.82, 2.24) is 9.71 Å². The number of amides is 1. The van der Waals surface area contributed by atoms with Crippen molar-refractivity contribution in [2.45, 2.75) is 47.8 Å². The SMILES string of the molecule is Cc1nc(NC(=O)c2cccc(S(=O)(=O)NC3CCCC3)c2)sc1SCC#N. The van der Waals surface area contributed by atoms with Crippen molar-refractivity contribution < 1.29 is 13.2 Å². The standard InChI is InChI=1S/C18H20N4O3S3/c1-12-17(26-10-9-19)27-18(20-12)21-16(23)13-5-4-8-15(11-13)28(24,25)22-14-6-2-3-7-14/h4-5,8,11,14,22H,2-3,6-7,10H2,1H3,(H,20,21,23). The number of carbonyl (C=O) groups is 1. The third-order valence-corrected chi connectivity index (χ3v) is 8.15. The highest BCUT2D eigenvalue weighted by Gasteiger charge is 2.23. The Bertz CT molecular complexity index is 1010. The number of nitrogens with zero attached hydrogens (tertiary/aromatic N) is 2. The smallest absolute Gasteiger partial charge is 0.257 e.